The molecule has 3 saturated heterocycles. The molecule has 9 nitrogen and oxygen atoms in total. The highest BCUT2D eigenvalue weighted by Gasteiger charge is 2.39. The Morgan fingerprint density at radius 3 is 2.32 bits per heavy atom. The Bertz CT molecular complexity index is 994. The molecule has 184 valence electrons. The molecule has 34 heavy (non-hydrogen) atoms. The van der Waals surface area contributed by atoms with Crippen molar-refractivity contribution in [2.75, 3.05) is 37.6 Å². The van der Waals surface area contributed by atoms with Crippen molar-refractivity contribution in [3.05, 3.63) is 28.8 Å². The Balaban J connectivity index is 1.32. The second kappa shape index (κ2) is 9.44. The van der Waals surface area contributed by atoms with Gasteiger partial charge >= 0.3 is 12.1 Å². The minimum absolute atomic E-state index is 0.103. The van der Waals surface area contributed by atoms with Crippen LogP contribution in [-0.2, 0) is 9.53 Å². The fourth-order valence-electron chi connectivity index (χ4n) is 4.69. The van der Waals surface area contributed by atoms with E-state index < -0.39 is 11.6 Å². The SMILES string of the molecule is CC(C)(C)OC(=O)N1CC(C2CCN(C(=O)c3ccc(Cl)c(N4CCC(=O)NC4=O)c3)CC2)C1. The van der Waals surface area contributed by atoms with Crippen LogP contribution in [0.15, 0.2) is 18.2 Å². The highest BCUT2D eigenvalue weighted by atomic mass is 35.5. The van der Waals surface area contributed by atoms with E-state index in [4.69, 9.17) is 16.3 Å². The molecule has 4 rings (SSSR count). The molecule has 3 fully saturated rings. The summed E-state index contributed by atoms with van der Waals surface area (Å²) in [4.78, 5) is 53.9. The predicted molar refractivity (Wildman–Crippen MR) is 127 cm³/mol. The molecule has 3 aliphatic heterocycles. The lowest BCUT2D eigenvalue weighted by molar-refractivity contribution is -0.120. The molecule has 1 N–H and O–H groups in total. The molecule has 0 unspecified atom stereocenters. The molecule has 10 heteroatoms. The van der Waals surface area contributed by atoms with E-state index in [0.29, 0.717) is 54.3 Å². The Morgan fingerprint density at radius 1 is 1.03 bits per heavy atom. The van der Waals surface area contributed by atoms with Gasteiger partial charge in [0.25, 0.3) is 5.91 Å². The van der Waals surface area contributed by atoms with Gasteiger partial charge in [0.15, 0.2) is 0 Å². The number of hydrogen-bond acceptors (Lipinski definition) is 5. The average Bonchev–Trinajstić information content (AvgIpc) is 2.72. The number of carbonyl (C=O) groups excluding carboxylic acids is 4. The molecule has 3 heterocycles. The van der Waals surface area contributed by atoms with Crippen LogP contribution >= 0.6 is 11.6 Å². The Morgan fingerprint density at radius 2 is 1.71 bits per heavy atom. The van der Waals surface area contributed by atoms with Gasteiger partial charge in [-0.2, -0.15) is 0 Å². The smallest absolute Gasteiger partial charge is 0.410 e. The van der Waals surface area contributed by atoms with Crippen molar-refractivity contribution < 1.29 is 23.9 Å². The fraction of sp³-hybridized carbons (Fsp3) is 0.583. The van der Waals surface area contributed by atoms with E-state index in [1.165, 1.54) is 4.90 Å². The Kier molecular flexibility index (Phi) is 6.75. The average molecular weight is 491 g/mol. The number of ether oxygens (including phenoxy) is 1. The molecule has 0 aliphatic carbocycles. The van der Waals surface area contributed by atoms with Crippen LogP contribution in [0.25, 0.3) is 0 Å². The first-order chi connectivity index (χ1) is 16.0. The lowest BCUT2D eigenvalue weighted by atomic mass is 9.79. The number of halogens is 1. The predicted octanol–water partition coefficient (Wildman–Crippen LogP) is 3.51. The van der Waals surface area contributed by atoms with E-state index in [2.05, 4.69) is 5.32 Å². The van der Waals surface area contributed by atoms with Gasteiger partial charge in [0.2, 0.25) is 5.91 Å². The number of hydrogen-bond donors (Lipinski definition) is 1. The summed E-state index contributed by atoms with van der Waals surface area (Å²) in [6, 6.07) is 4.36. The van der Waals surface area contributed by atoms with Crippen LogP contribution in [0.4, 0.5) is 15.3 Å². The van der Waals surface area contributed by atoms with Crippen LogP contribution in [0.5, 0.6) is 0 Å². The zero-order valence-electron chi connectivity index (χ0n) is 19.8. The number of amides is 5. The number of likely N-dealkylation sites (tertiary alicyclic amines) is 2. The first kappa shape index (κ1) is 24.3. The summed E-state index contributed by atoms with van der Waals surface area (Å²) in [6.45, 7) is 8.49. The van der Waals surface area contributed by atoms with Crippen LogP contribution < -0.4 is 10.2 Å². The minimum Gasteiger partial charge on any atom is -0.444 e. The normalized spacial score (nSPS) is 20.2. The van der Waals surface area contributed by atoms with Gasteiger partial charge in [-0.1, -0.05) is 11.6 Å². The molecule has 1 aromatic rings. The largest absolute Gasteiger partial charge is 0.444 e. The lowest BCUT2D eigenvalue weighted by Crippen LogP contribution is -2.55. The zero-order valence-corrected chi connectivity index (χ0v) is 20.6. The van der Waals surface area contributed by atoms with E-state index in [1.807, 2.05) is 25.7 Å². The topological polar surface area (TPSA) is 99.3 Å². The Hall–Kier alpha value is -2.81. The van der Waals surface area contributed by atoms with Crippen LogP contribution in [0.1, 0.15) is 50.4 Å². The summed E-state index contributed by atoms with van der Waals surface area (Å²) in [7, 11) is 0. The molecule has 3 aliphatic rings. The number of nitrogens with one attached hydrogen (secondary N) is 1. The summed E-state index contributed by atoms with van der Waals surface area (Å²) < 4.78 is 5.43. The van der Waals surface area contributed by atoms with Gasteiger partial charge in [-0.3, -0.25) is 19.8 Å². The monoisotopic (exact) mass is 490 g/mol. The number of anilines is 1. The standard InChI is InChI=1S/C24H31ClN4O5/c1-24(2,3)34-23(33)28-13-17(14-28)15-6-9-27(10-7-15)21(31)16-4-5-18(25)19(12-16)29-11-8-20(30)26-22(29)32/h4-5,12,15,17H,6-11,13-14H2,1-3H3,(H,26,30,32). The molecule has 0 atom stereocenters. The summed E-state index contributed by atoms with van der Waals surface area (Å²) in [5.41, 5.74) is 0.386. The molecule has 0 aromatic heterocycles. The van der Waals surface area contributed by atoms with E-state index in [9.17, 15) is 19.2 Å². The maximum atomic E-state index is 13.2. The third kappa shape index (κ3) is 5.29. The molecule has 0 bridgehead atoms. The van der Waals surface area contributed by atoms with Crippen LogP contribution in [0, 0.1) is 11.8 Å². The molecule has 0 saturated carbocycles. The number of rotatable bonds is 3. The highest BCUT2D eigenvalue weighted by Crippen LogP contribution is 2.34. The summed E-state index contributed by atoms with van der Waals surface area (Å²) in [5.74, 6) is 0.479. The Labute approximate surface area is 204 Å². The third-order valence-corrected chi connectivity index (χ3v) is 6.91. The van der Waals surface area contributed by atoms with Crippen molar-refractivity contribution in [2.24, 2.45) is 11.8 Å². The second-order valence-corrected chi connectivity index (χ2v) is 10.6. The van der Waals surface area contributed by atoms with Gasteiger partial charge in [-0.25, -0.2) is 9.59 Å². The van der Waals surface area contributed by atoms with E-state index >= 15 is 0 Å². The van der Waals surface area contributed by atoms with Gasteiger partial charge in [-0.15, -0.1) is 0 Å². The second-order valence-electron chi connectivity index (χ2n) is 10.2. The quantitative estimate of drug-likeness (QED) is 0.699. The van der Waals surface area contributed by atoms with Gasteiger partial charge in [0.05, 0.1) is 10.7 Å². The van der Waals surface area contributed by atoms with Crippen molar-refractivity contribution in [1.29, 1.82) is 0 Å². The number of nitrogens with zero attached hydrogens (tertiary/aromatic N) is 3. The van der Waals surface area contributed by atoms with E-state index in [0.717, 1.165) is 12.8 Å². The zero-order chi connectivity index (χ0) is 24.6. The van der Waals surface area contributed by atoms with Gasteiger partial charge in [0, 0.05) is 44.7 Å². The third-order valence-electron chi connectivity index (χ3n) is 6.59. The summed E-state index contributed by atoms with van der Waals surface area (Å²) in [5, 5.41) is 2.62. The first-order valence-electron chi connectivity index (χ1n) is 11.7. The van der Waals surface area contributed by atoms with Crippen molar-refractivity contribution in [1.82, 2.24) is 15.1 Å². The van der Waals surface area contributed by atoms with E-state index in [1.54, 1.807) is 23.1 Å². The number of carbonyl (C=O) groups is 4. The molecule has 5 amide bonds. The molecular formula is C24H31ClN4O5. The van der Waals surface area contributed by atoms with Crippen LogP contribution in [0.2, 0.25) is 5.02 Å². The maximum Gasteiger partial charge on any atom is 0.410 e. The van der Waals surface area contributed by atoms with Crippen molar-refractivity contribution in [3.63, 3.8) is 0 Å². The lowest BCUT2D eigenvalue weighted by Gasteiger charge is -2.46. The number of imide groups is 1. The maximum absolute atomic E-state index is 13.2. The van der Waals surface area contributed by atoms with Crippen molar-refractivity contribution in [2.45, 2.75) is 45.6 Å². The van der Waals surface area contributed by atoms with Gasteiger partial charge < -0.3 is 14.5 Å². The van der Waals surface area contributed by atoms with Crippen LogP contribution in [-0.4, -0.2) is 72.1 Å². The van der Waals surface area contributed by atoms with Crippen molar-refractivity contribution in [3.8, 4) is 0 Å². The van der Waals surface area contributed by atoms with Crippen LogP contribution in [0.3, 0.4) is 0 Å². The first-order valence-corrected chi connectivity index (χ1v) is 12.1. The number of benzene rings is 1. The fourth-order valence-corrected chi connectivity index (χ4v) is 4.91. The van der Waals surface area contributed by atoms with Crippen molar-refractivity contribution >= 4 is 41.2 Å². The molecule has 1 aromatic carbocycles. The highest BCUT2D eigenvalue weighted by molar-refractivity contribution is 6.34. The molecular weight excluding hydrogens is 460 g/mol. The molecule has 0 radical (unpaired) electrons. The number of piperidine rings is 1. The molecule has 0 spiro atoms. The summed E-state index contributed by atoms with van der Waals surface area (Å²) in [6.07, 6.45) is 1.69. The van der Waals surface area contributed by atoms with E-state index in [-0.39, 0.29) is 30.9 Å². The minimum atomic E-state index is -0.538. The van der Waals surface area contributed by atoms with Gasteiger partial charge in [-0.05, 0) is 63.6 Å². The number of urea groups is 1. The summed E-state index contributed by atoms with van der Waals surface area (Å²) >= 11 is 6.30. The van der Waals surface area contributed by atoms with Gasteiger partial charge in [0.1, 0.15) is 5.60 Å².